The molecule has 0 bridgehead atoms. The first-order valence-corrected chi connectivity index (χ1v) is 12.8. The SMILES string of the molecule is COC(=O)CC1C(=O)NCCN1c1nc2ccccn2c(=O)c1/C=C1\SC(=S)N(CCC(C)C)C1=O. The number of nitrogens with zero attached hydrogens (tertiary/aromatic N) is 4. The fourth-order valence-corrected chi connectivity index (χ4v) is 5.35. The highest BCUT2D eigenvalue weighted by atomic mass is 32.2. The average molecular weight is 530 g/mol. The second-order valence-electron chi connectivity index (χ2n) is 8.88. The van der Waals surface area contributed by atoms with Gasteiger partial charge in [-0.3, -0.25) is 28.5 Å². The van der Waals surface area contributed by atoms with E-state index < -0.39 is 17.6 Å². The van der Waals surface area contributed by atoms with Gasteiger partial charge in [-0.1, -0.05) is 43.9 Å². The summed E-state index contributed by atoms with van der Waals surface area (Å²) in [5.74, 6) is -0.574. The van der Waals surface area contributed by atoms with E-state index in [1.165, 1.54) is 17.6 Å². The zero-order valence-electron chi connectivity index (χ0n) is 20.2. The van der Waals surface area contributed by atoms with Crippen molar-refractivity contribution in [3.05, 3.63) is 45.2 Å². The van der Waals surface area contributed by atoms with Crippen molar-refractivity contribution in [1.82, 2.24) is 19.6 Å². The van der Waals surface area contributed by atoms with Gasteiger partial charge >= 0.3 is 5.97 Å². The monoisotopic (exact) mass is 529 g/mol. The number of hydrogen-bond donors (Lipinski definition) is 1. The molecule has 36 heavy (non-hydrogen) atoms. The molecule has 0 radical (unpaired) electrons. The summed E-state index contributed by atoms with van der Waals surface area (Å²) in [4.78, 5) is 59.8. The maximum Gasteiger partial charge on any atom is 0.308 e. The summed E-state index contributed by atoms with van der Waals surface area (Å²) in [5, 5.41) is 2.75. The minimum absolute atomic E-state index is 0.146. The van der Waals surface area contributed by atoms with Crippen molar-refractivity contribution >= 4 is 63.6 Å². The number of carbonyl (C=O) groups excluding carboxylic acids is 3. The molecule has 1 unspecified atom stereocenters. The Morgan fingerprint density at radius 3 is 2.83 bits per heavy atom. The number of carbonyl (C=O) groups is 3. The number of nitrogens with one attached hydrogen (secondary N) is 1. The average Bonchev–Trinajstić information content (AvgIpc) is 3.12. The fraction of sp³-hybridized carbons (Fsp3) is 0.417. The molecule has 0 saturated carbocycles. The molecule has 4 rings (SSSR count). The lowest BCUT2D eigenvalue weighted by Crippen LogP contribution is -2.57. The molecule has 0 aromatic carbocycles. The lowest BCUT2D eigenvalue weighted by atomic mass is 10.1. The molecule has 2 amide bonds. The Balaban J connectivity index is 1.83. The number of aromatic nitrogens is 2. The van der Waals surface area contributed by atoms with Crippen LogP contribution in [0, 0.1) is 5.92 Å². The first-order valence-electron chi connectivity index (χ1n) is 11.6. The van der Waals surface area contributed by atoms with Gasteiger partial charge in [0.2, 0.25) is 5.91 Å². The van der Waals surface area contributed by atoms with Crippen LogP contribution in [0.3, 0.4) is 0 Å². The van der Waals surface area contributed by atoms with Crippen molar-refractivity contribution < 1.29 is 19.1 Å². The number of piperazine rings is 1. The van der Waals surface area contributed by atoms with Crippen LogP contribution in [0.1, 0.15) is 32.3 Å². The largest absolute Gasteiger partial charge is 0.469 e. The van der Waals surface area contributed by atoms with Gasteiger partial charge < -0.3 is 15.0 Å². The van der Waals surface area contributed by atoms with Crippen LogP contribution in [-0.4, -0.2) is 69.2 Å². The summed E-state index contributed by atoms with van der Waals surface area (Å²) in [6.07, 6.45) is 3.67. The van der Waals surface area contributed by atoms with Crippen molar-refractivity contribution in [1.29, 1.82) is 0 Å². The van der Waals surface area contributed by atoms with Gasteiger partial charge in [-0.15, -0.1) is 0 Å². The van der Waals surface area contributed by atoms with E-state index in [1.54, 1.807) is 34.2 Å². The van der Waals surface area contributed by atoms with Crippen LogP contribution in [-0.2, 0) is 19.1 Å². The standard InChI is InChI=1S/C24H27N5O5S2/c1-14(2)7-10-29-23(33)17(36-24(29)35)12-15-20(26-18-6-4-5-9-28(18)22(15)32)27-11-8-25-21(31)16(27)13-19(30)34-3/h4-6,9,12,14,16H,7-8,10-11,13H2,1-3H3,(H,25,31)/b17-12-. The minimum atomic E-state index is -0.919. The van der Waals surface area contributed by atoms with Crippen molar-refractivity contribution in [3.63, 3.8) is 0 Å². The van der Waals surface area contributed by atoms with Crippen molar-refractivity contribution in [3.8, 4) is 0 Å². The number of ether oxygens (including phenoxy) is 1. The Morgan fingerprint density at radius 2 is 2.11 bits per heavy atom. The first kappa shape index (κ1) is 25.8. The second kappa shape index (κ2) is 10.8. The number of fused-ring (bicyclic) bond motifs is 1. The van der Waals surface area contributed by atoms with Crippen molar-refractivity contribution in [2.75, 3.05) is 31.6 Å². The van der Waals surface area contributed by atoms with E-state index in [1.807, 2.05) is 0 Å². The van der Waals surface area contributed by atoms with Crippen LogP contribution >= 0.6 is 24.0 Å². The fourth-order valence-electron chi connectivity index (χ4n) is 4.06. The number of methoxy groups -OCH3 is 1. The van der Waals surface area contributed by atoms with Crippen LogP contribution in [0.2, 0.25) is 0 Å². The minimum Gasteiger partial charge on any atom is -0.469 e. The summed E-state index contributed by atoms with van der Waals surface area (Å²) >= 11 is 6.57. The maximum absolute atomic E-state index is 13.6. The first-order chi connectivity index (χ1) is 17.2. The van der Waals surface area contributed by atoms with Gasteiger partial charge in [-0.05, 0) is 30.5 Å². The quantitative estimate of drug-likeness (QED) is 0.326. The van der Waals surface area contributed by atoms with E-state index in [0.717, 1.165) is 18.2 Å². The molecule has 0 aliphatic carbocycles. The number of amides is 2. The number of anilines is 1. The molecule has 4 heterocycles. The van der Waals surface area contributed by atoms with Crippen LogP contribution in [0.4, 0.5) is 5.82 Å². The maximum atomic E-state index is 13.6. The summed E-state index contributed by atoms with van der Waals surface area (Å²) in [6, 6.07) is 4.22. The van der Waals surface area contributed by atoms with Crippen LogP contribution in [0.5, 0.6) is 0 Å². The number of rotatable bonds is 7. The van der Waals surface area contributed by atoms with Gasteiger partial charge in [0.15, 0.2) is 0 Å². The molecule has 2 aliphatic rings. The molecule has 10 nitrogen and oxygen atoms in total. The van der Waals surface area contributed by atoms with Crippen LogP contribution in [0.25, 0.3) is 11.7 Å². The molecule has 0 spiro atoms. The highest BCUT2D eigenvalue weighted by Crippen LogP contribution is 2.34. The van der Waals surface area contributed by atoms with E-state index in [-0.39, 0.29) is 29.6 Å². The molecule has 2 aromatic rings. The zero-order chi connectivity index (χ0) is 26.0. The molecular formula is C24H27N5O5S2. The Bertz CT molecular complexity index is 1320. The molecule has 2 aliphatic heterocycles. The number of thioether (sulfide) groups is 1. The highest BCUT2D eigenvalue weighted by molar-refractivity contribution is 8.26. The Labute approximate surface area is 217 Å². The Kier molecular flexibility index (Phi) is 7.74. The van der Waals surface area contributed by atoms with E-state index in [2.05, 4.69) is 24.1 Å². The third-order valence-electron chi connectivity index (χ3n) is 6.02. The van der Waals surface area contributed by atoms with E-state index in [0.29, 0.717) is 40.4 Å². The third-order valence-corrected chi connectivity index (χ3v) is 7.40. The number of pyridine rings is 1. The second-order valence-corrected chi connectivity index (χ2v) is 10.6. The summed E-state index contributed by atoms with van der Waals surface area (Å²) in [7, 11) is 1.25. The zero-order valence-corrected chi connectivity index (χ0v) is 21.9. The van der Waals surface area contributed by atoms with Gasteiger partial charge in [0.1, 0.15) is 21.8 Å². The lowest BCUT2D eigenvalue weighted by Gasteiger charge is -2.36. The Morgan fingerprint density at radius 1 is 1.33 bits per heavy atom. The number of thiocarbonyl (C=S) groups is 1. The molecule has 12 heteroatoms. The molecular weight excluding hydrogens is 502 g/mol. The van der Waals surface area contributed by atoms with Crippen LogP contribution in [0.15, 0.2) is 34.1 Å². The van der Waals surface area contributed by atoms with Gasteiger partial charge in [-0.2, -0.15) is 0 Å². The molecule has 190 valence electrons. The predicted octanol–water partition coefficient (Wildman–Crippen LogP) is 1.81. The molecule has 2 fully saturated rings. The van der Waals surface area contributed by atoms with Gasteiger partial charge in [0.25, 0.3) is 11.5 Å². The predicted molar refractivity (Wildman–Crippen MR) is 142 cm³/mol. The van der Waals surface area contributed by atoms with Gasteiger partial charge in [-0.25, -0.2) is 4.98 Å². The molecule has 2 saturated heterocycles. The van der Waals surface area contributed by atoms with E-state index in [9.17, 15) is 19.2 Å². The van der Waals surface area contributed by atoms with E-state index in [4.69, 9.17) is 17.0 Å². The summed E-state index contributed by atoms with van der Waals surface area (Å²) in [6.45, 7) is 5.26. The van der Waals surface area contributed by atoms with E-state index >= 15 is 0 Å². The molecule has 1 N–H and O–H groups in total. The summed E-state index contributed by atoms with van der Waals surface area (Å²) < 4.78 is 6.60. The topological polar surface area (TPSA) is 113 Å². The molecule has 1 atom stereocenters. The molecule has 2 aromatic heterocycles. The highest BCUT2D eigenvalue weighted by Gasteiger charge is 2.36. The number of esters is 1. The normalized spacial score (nSPS) is 19.5. The lowest BCUT2D eigenvalue weighted by molar-refractivity contribution is -0.143. The van der Waals surface area contributed by atoms with Crippen LogP contribution < -0.4 is 15.8 Å². The third kappa shape index (κ3) is 5.14. The number of hydrogen-bond acceptors (Lipinski definition) is 9. The Hall–Kier alpha value is -3.25. The van der Waals surface area contributed by atoms with Gasteiger partial charge in [0.05, 0.1) is 24.0 Å². The summed E-state index contributed by atoms with van der Waals surface area (Å²) in [5.41, 5.74) is 0.125. The van der Waals surface area contributed by atoms with Gasteiger partial charge in [0, 0.05) is 25.8 Å². The van der Waals surface area contributed by atoms with Crippen molar-refractivity contribution in [2.24, 2.45) is 5.92 Å². The smallest absolute Gasteiger partial charge is 0.308 e. The van der Waals surface area contributed by atoms with Crippen molar-refractivity contribution in [2.45, 2.75) is 32.7 Å².